The fourth-order valence-electron chi connectivity index (χ4n) is 12.0. The standard InChI is InChI=1S/C36H62O9/c1-19(2)10-9-13-36(8,45-31-29(43)28(42)27(41)23(18-37)44-31)20-11-15-34(6)26(20)21(38)16-24-33(5)14-12-25(40)32(3,4)30(33)22(39)17-35(24,34)7/h10,20-31,37-43H,9,11-18H2,1-8H3/t20-,21+,22-,23+,24+,25-,26-,27+,28-,29+,30+,31-,33+,34+,35+,36-/m0/s1. The second kappa shape index (κ2) is 12.1. The van der Waals surface area contributed by atoms with E-state index in [2.05, 4.69) is 40.7 Å². The molecule has 0 aromatic rings. The summed E-state index contributed by atoms with van der Waals surface area (Å²) < 4.78 is 12.6. The third-order valence-electron chi connectivity index (χ3n) is 14.5. The Balaban J connectivity index is 1.51. The molecule has 0 amide bonds. The topological polar surface area (TPSA) is 160 Å². The Kier molecular flexibility index (Phi) is 9.56. The Bertz CT molecular complexity index is 1110. The van der Waals surface area contributed by atoms with Crippen molar-refractivity contribution < 1.29 is 45.2 Å². The molecule has 0 unspecified atom stereocenters. The molecular formula is C36H62O9. The SMILES string of the molecule is CC(C)=CCC[C@](C)(O[C@@H]1O[C@H](CO)[C@@H](O)[C@H](O)[C@H]1O)[C@H]1CC[C@]2(C)[C@@H]1[C@H](O)C[C@@H]1[C@@]3(C)CC[C@H](O)C(C)(C)[C@H]3[C@@H](O)C[C@]12C. The number of ether oxygens (including phenoxy) is 2. The summed E-state index contributed by atoms with van der Waals surface area (Å²) in [6, 6.07) is 0. The second-order valence-corrected chi connectivity index (χ2v) is 17.4. The molecule has 1 saturated heterocycles. The summed E-state index contributed by atoms with van der Waals surface area (Å²) in [7, 11) is 0. The van der Waals surface area contributed by atoms with Crippen LogP contribution < -0.4 is 0 Å². The van der Waals surface area contributed by atoms with Gasteiger partial charge in [-0.25, -0.2) is 0 Å². The van der Waals surface area contributed by atoms with Crippen molar-refractivity contribution in [1.82, 2.24) is 0 Å². The Morgan fingerprint density at radius 3 is 2.18 bits per heavy atom. The number of allylic oxidation sites excluding steroid dienone is 2. The first-order valence-electron chi connectivity index (χ1n) is 17.4. The van der Waals surface area contributed by atoms with Crippen LogP contribution in [-0.4, -0.2) is 97.0 Å². The zero-order valence-corrected chi connectivity index (χ0v) is 28.8. The van der Waals surface area contributed by atoms with Gasteiger partial charge < -0.3 is 45.2 Å². The van der Waals surface area contributed by atoms with Gasteiger partial charge in [0.2, 0.25) is 0 Å². The minimum Gasteiger partial charge on any atom is -0.394 e. The summed E-state index contributed by atoms with van der Waals surface area (Å²) in [6.45, 7) is 16.7. The molecule has 0 aromatic carbocycles. The van der Waals surface area contributed by atoms with E-state index in [-0.39, 0.29) is 39.9 Å². The third kappa shape index (κ3) is 5.39. The fourth-order valence-corrected chi connectivity index (χ4v) is 12.0. The highest BCUT2D eigenvalue weighted by Gasteiger charge is 2.73. The van der Waals surface area contributed by atoms with Gasteiger partial charge >= 0.3 is 0 Å². The lowest BCUT2D eigenvalue weighted by atomic mass is 9.34. The van der Waals surface area contributed by atoms with Crippen molar-refractivity contribution in [3.63, 3.8) is 0 Å². The van der Waals surface area contributed by atoms with E-state index in [0.29, 0.717) is 32.1 Å². The van der Waals surface area contributed by atoms with Gasteiger partial charge in [-0.3, -0.25) is 0 Å². The molecule has 9 heteroatoms. The van der Waals surface area contributed by atoms with Crippen LogP contribution in [0.2, 0.25) is 0 Å². The van der Waals surface area contributed by atoms with Crippen molar-refractivity contribution in [2.24, 2.45) is 45.3 Å². The zero-order valence-electron chi connectivity index (χ0n) is 28.8. The van der Waals surface area contributed by atoms with Gasteiger partial charge in [-0.2, -0.15) is 0 Å². The summed E-state index contributed by atoms with van der Waals surface area (Å²) >= 11 is 0. The molecule has 9 nitrogen and oxygen atoms in total. The normalized spacial score (nSPS) is 52.2. The first-order valence-corrected chi connectivity index (χ1v) is 17.4. The molecule has 16 atom stereocenters. The highest BCUT2D eigenvalue weighted by atomic mass is 16.7. The lowest BCUT2D eigenvalue weighted by Crippen LogP contribution is -2.70. The maximum Gasteiger partial charge on any atom is 0.187 e. The van der Waals surface area contributed by atoms with E-state index in [1.807, 2.05) is 20.8 Å². The van der Waals surface area contributed by atoms with Crippen LogP contribution in [0.25, 0.3) is 0 Å². The number of hydrogen-bond acceptors (Lipinski definition) is 9. The summed E-state index contributed by atoms with van der Waals surface area (Å²) in [6.07, 6.45) is -0.678. The lowest BCUT2D eigenvalue weighted by molar-refractivity contribution is -0.336. The molecule has 5 aliphatic rings. The van der Waals surface area contributed by atoms with Gasteiger partial charge in [-0.1, -0.05) is 46.3 Å². The molecule has 45 heavy (non-hydrogen) atoms. The van der Waals surface area contributed by atoms with Crippen LogP contribution in [0, 0.1) is 45.3 Å². The zero-order chi connectivity index (χ0) is 33.5. The molecule has 7 N–H and O–H groups in total. The van der Waals surface area contributed by atoms with E-state index in [9.17, 15) is 35.7 Å². The maximum absolute atomic E-state index is 12.2. The number of hydrogen-bond donors (Lipinski definition) is 7. The van der Waals surface area contributed by atoms with E-state index in [4.69, 9.17) is 9.47 Å². The number of aliphatic hydroxyl groups excluding tert-OH is 7. The van der Waals surface area contributed by atoms with Gasteiger partial charge in [0.05, 0.1) is 30.5 Å². The van der Waals surface area contributed by atoms with Gasteiger partial charge in [0, 0.05) is 0 Å². The summed E-state index contributed by atoms with van der Waals surface area (Å²) in [5.41, 5.74) is -0.944. The van der Waals surface area contributed by atoms with Gasteiger partial charge in [0.25, 0.3) is 0 Å². The van der Waals surface area contributed by atoms with Crippen molar-refractivity contribution in [2.45, 2.75) is 161 Å². The highest BCUT2D eigenvalue weighted by Crippen LogP contribution is 2.76. The van der Waals surface area contributed by atoms with Crippen molar-refractivity contribution in [3.05, 3.63) is 11.6 Å². The quantitative estimate of drug-likeness (QED) is 0.208. The molecule has 5 rings (SSSR count). The predicted octanol–water partition coefficient (Wildman–Crippen LogP) is 3.30. The summed E-state index contributed by atoms with van der Waals surface area (Å²) in [5, 5.41) is 76.9. The van der Waals surface area contributed by atoms with Gasteiger partial charge in [-0.05, 0) is 117 Å². The average molecular weight is 639 g/mol. The second-order valence-electron chi connectivity index (χ2n) is 17.4. The number of rotatable bonds is 7. The average Bonchev–Trinajstić information content (AvgIpc) is 3.33. The van der Waals surface area contributed by atoms with Crippen LogP contribution in [-0.2, 0) is 9.47 Å². The monoisotopic (exact) mass is 638 g/mol. The predicted molar refractivity (Wildman–Crippen MR) is 170 cm³/mol. The van der Waals surface area contributed by atoms with Crippen molar-refractivity contribution in [3.8, 4) is 0 Å². The molecule has 0 aromatic heterocycles. The van der Waals surface area contributed by atoms with Crippen LogP contribution >= 0.6 is 0 Å². The van der Waals surface area contributed by atoms with E-state index in [1.54, 1.807) is 0 Å². The van der Waals surface area contributed by atoms with Crippen molar-refractivity contribution >= 4 is 0 Å². The van der Waals surface area contributed by atoms with Crippen LogP contribution in [0.3, 0.4) is 0 Å². The molecule has 4 aliphatic carbocycles. The Hall–Kier alpha value is -0.620. The van der Waals surface area contributed by atoms with Gasteiger partial charge in [-0.15, -0.1) is 0 Å². The van der Waals surface area contributed by atoms with Gasteiger partial charge in [0.1, 0.15) is 24.4 Å². The van der Waals surface area contributed by atoms with Crippen molar-refractivity contribution in [1.29, 1.82) is 0 Å². The van der Waals surface area contributed by atoms with Gasteiger partial charge in [0.15, 0.2) is 6.29 Å². The van der Waals surface area contributed by atoms with E-state index < -0.39 is 66.6 Å². The third-order valence-corrected chi connectivity index (χ3v) is 14.5. The lowest BCUT2D eigenvalue weighted by Gasteiger charge is -2.71. The molecule has 4 saturated carbocycles. The highest BCUT2D eigenvalue weighted by molar-refractivity contribution is 5.21. The van der Waals surface area contributed by atoms with Crippen molar-refractivity contribution in [2.75, 3.05) is 6.61 Å². The van der Waals surface area contributed by atoms with Crippen LogP contribution in [0.1, 0.15) is 107 Å². The van der Waals surface area contributed by atoms with E-state index in [1.165, 1.54) is 5.57 Å². The summed E-state index contributed by atoms with van der Waals surface area (Å²) in [5.74, 6) is -0.154. The Morgan fingerprint density at radius 2 is 1.56 bits per heavy atom. The fraction of sp³-hybridized carbons (Fsp3) is 0.944. The number of aliphatic hydroxyl groups is 7. The minimum atomic E-state index is -1.53. The largest absolute Gasteiger partial charge is 0.394 e. The summed E-state index contributed by atoms with van der Waals surface area (Å²) in [4.78, 5) is 0. The maximum atomic E-state index is 12.2. The molecular weight excluding hydrogens is 576 g/mol. The molecule has 260 valence electrons. The molecule has 0 radical (unpaired) electrons. The smallest absolute Gasteiger partial charge is 0.187 e. The van der Waals surface area contributed by atoms with E-state index in [0.717, 1.165) is 19.3 Å². The molecule has 0 spiro atoms. The number of fused-ring (bicyclic) bond motifs is 5. The first-order chi connectivity index (χ1) is 20.8. The molecule has 5 fully saturated rings. The molecule has 1 aliphatic heterocycles. The Morgan fingerprint density at radius 1 is 0.889 bits per heavy atom. The molecule has 1 heterocycles. The first kappa shape index (κ1) is 35.7. The minimum absolute atomic E-state index is 0.0692. The molecule has 0 bridgehead atoms. The van der Waals surface area contributed by atoms with Crippen LogP contribution in [0.5, 0.6) is 0 Å². The Labute approximate surface area is 270 Å². The van der Waals surface area contributed by atoms with E-state index >= 15 is 0 Å². The van der Waals surface area contributed by atoms with Crippen LogP contribution in [0.4, 0.5) is 0 Å². The van der Waals surface area contributed by atoms with Crippen LogP contribution in [0.15, 0.2) is 11.6 Å².